The molecule has 0 fully saturated rings. The molecule has 32 heavy (non-hydrogen) atoms. The fraction of sp³-hybridized carbons (Fsp3) is 0.174. The van der Waals surface area contributed by atoms with Gasteiger partial charge in [-0.1, -0.05) is 12.1 Å². The summed E-state index contributed by atoms with van der Waals surface area (Å²) < 4.78 is 24.1. The van der Waals surface area contributed by atoms with Crippen LogP contribution in [0.1, 0.15) is 11.1 Å². The zero-order chi connectivity index (χ0) is 23.2. The van der Waals surface area contributed by atoms with Crippen molar-refractivity contribution in [3.05, 3.63) is 100 Å². The third kappa shape index (κ3) is 3.66. The van der Waals surface area contributed by atoms with Crippen LogP contribution in [0.4, 0.5) is 4.39 Å². The Hall–Kier alpha value is -3.21. The van der Waals surface area contributed by atoms with Crippen molar-refractivity contribution in [3.63, 3.8) is 0 Å². The lowest BCUT2D eigenvalue weighted by Gasteiger charge is -2.17. The summed E-state index contributed by atoms with van der Waals surface area (Å²) in [6.45, 7) is 1.57. The van der Waals surface area contributed by atoms with Gasteiger partial charge in [0.05, 0.1) is 24.7 Å². The average Bonchev–Trinajstić information content (AvgIpc) is 2.77. The van der Waals surface area contributed by atoms with Crippen LogP contribution in [-0.4, -0.2) is 20.8 Å². The zero-order valence-corrected chi connectivity index (χ0v) is 19.7. The molecule has 0 atom stereocenters. The van der Waals surface area contributed by atoms with E-state index >= 15 is 0 Å². The van der Waals surface area contributed by atoms with E-state index in [2.05, 4.69) is 0 Å². The molecular weight excluding hydrogens is 528 g/mol. The summed E-state index contributed by atoms with van der Waals surface area (Å²) >= 11 is 1.97. The maximum atomic E-state index is 14.9. The second kappa shape index (κ2) is 8.38. The Morgan fingerprint density at radius 1 is 1.00 bits per heavy atom. The molecule has 0 saturated carbocycles. The lowest BCUT2D eigenvalue weighted by molar-refractivity contribution is 0.414. The van der Waals surface area contributed by atoms with Gasteiger partial charge in [0.15, 0.2) is 0 Å². The van der Waals surface area contributed by atoms with Gasteiger partial charge < -0.3 is 4.74 Å². The summed E-state index contributed by atoms with van der Waals surface area (Å²) in [5, 5.41) is 0.149. The minimum Gasteiger partial charge on any atom is -0.497 e. The van der Waals surface area contributed by atoms with Crippen molar-refractivity contribution in [2.24, 2.45) is 7.05 Å². The largest absolute Gasteiger partial charge is 0.497 e. The number of methoxy groups -OCH3 is 1. The van der Waals surface area contributed by atoms with E-state index in [0.717, 1.165) is 9.13 Å². The Labute approximate surface area is 195 Å². The summed E-state index contributed by atoms with van der Waals surface area (Å²) in [6.07, 6.45) is 0. The van der Waals surface area contributed by atoms with Crippen LogP contribution in [-0.2, 0) is 13.6 Å². The smallest absolute Gasteiger partial charge is 0.337 e. The van der Waals surface area contributed by atoms with Crippen LogP contribution in [0.3, 0.4) is 0 Å². The van der Waals surface area contributed by atoms with Gasteiger partial charge in [-0.3, -0.25) is 18.7 Å². The lowest BCUT2D eigenvalue weighted by Crippen LogP contribution is -2.42. The summed E-state index contributed by atoms with van der Waals surface area (Å²) in [5.41, 5.74) is -0.616. The SMILES string of the molecule is COc1ccc(Cn2c(=O)c3cc(C)c(=O)n(C)c3n(-c3ccc(I)cc3F)c2=O)cc1. The van der Waals surface area contributed by atoms with Crippen LogP contribution in [0, 0.1) is 16.3 Å². The van der Waals surface area contributed by atoms with E-state index in [-0.39, 0.29) is 28.8 Å². The van der Waals surface area contributed by atoms with Crippen LogP contribution in [0.5, 0.6) is 5.75 Å². The number of hydrogen-bond acceptors (Lipinski definition) is 4. The Bertz CT molecular complexity index is 1540. The Kier molecular flexibility index (Phi) is 5.76. The number of benzene rings is 2. The molecule has 0 unspecified atom stereocenters. The zero-order valence-electron chi connectivity index (χ0n) is 17.6. The maximum absolute atomic E-state index is 14.9. The molecule has 164 valence electrons. The van der Waals surface area contributed by atoms with Gasteiger partial charge in [0.25, 0.3) is 11.1 Å². The highest BCUT2D eigenvalue weighted by molar-refractivity contribution is 14.1. The van der Waals surface area contributed by atoms with Crippen molar-refractivity contribution in [1.29, 1.82) is 0 Å². The van der Waals surface area contributed by atoms with Gasteiger partial charge in [0.2, 0.25) is 0 Å². The minimum absolute atomic E-state index is 0.0223. The van der Waals surface area contributed by atoms with Crippen LogP contribution < -0.4 is 21.5 Å². The quantitative estimate of drug-likeness (QED) is 0.369. The first-order valence-corrected chi connectivity index (χ1v) is 10.8. The van der Waals surface area contributed by atoms with E-state index in [1.807, 2.05) is 22.6 Å². The summed E-state index contributed by atoms with van der Waals surface area (Å²) in [4.78, 5) is 39.5. The molecule has 0 saturated heterocycles. The molecular formula is C23H19FIN3O4. The highest BCUT2D eigenvalue weighted by atomic mass is 127. The average molecular weight is 547 g/mol. The summed E-state index contributed by atoms with van der Waals surface area (Å²) in [7, 11) is 3.01. The van der Waals surface area contributed by atoms with E-state index in [4.69, 9.17) is 4.74 Å². The highest BCUT2D eigenvalue weighted by Gasteiger charge is 2.20. The molecule has 0 radical (unpaired) electrons. The number of pyridine rings is 1. The number of fused-ring (bicyclic) bond motifs is 1. The molecule has 2 heterocycles. The minimum atomic E-state index is -0.739. The van der Waals surface area contributed by atoms with Crippen LogP contribution in [0.15, 0.2) is 62.9 Å². The molecule has 2 aromatic carbocycles. The van der Waals surface area contributed by atoms with E-state index in [9.17, 15) is 18.8 Å². The molecule has 9 heteroatoms. The fourth-order valence-corrected chi connectivity index (χ4v) is 4.14. The Balaban J connectivity index is 2.10. The van der Waals surface area contributed by atoms with Gasteiger partial charge in [0.1, 0.15) is 17.2 Å². The second-order valence-electron chi connectivity index (χ2n) is 7.38. The van der Waals surface area contributed by atoms with Crippen molar-refractivity contribution < 1.29 is 9.13 Å². The van der Waals surface area contributed by atoms with Gasteiger partial charge in [-0.15, -0.1) is 0 Å². The molecule has 0 aliphatic heterocycles. The van der Waals surface area contributed by atoms with Crippen molar-refractivity contribution in [3.8, 4) is 11.4 Å². The van der Waals surface area contributed by atoms with Crippen LogP contribution in [0.2, 0.25) is 0 Å². The van der Waals surface area contributed by atoms with Crippen molar-refractivity contribution in [2.45, 2.75) is 13.5 Å². The van der Waals surface area contributed by atoms with Crippen LogP contribution in [0.25, 0.3) is 16.7 Å². The number of rotatable bonds is 4. The molecule has 0 aliphatic carbocycles. The number of hydrogen-bond donors (Lipinski definition) is 0. The van der Waals surface area contributed by atoms with E-state index < -0.39 is 17.1 Å². The molecule has 0 amide bonds. The van der Waals surface area contributed by atoms with Gasteiger partial charge in [-0.05, 0) is 71.5 Å². The molecule has 7 nitrogen and oxygen atoms in total. The number of halogens is 2. The second-order valence-corrected chi connectivity index (χ2v) is 8.63. The van der Waals surface area contributed by atoms with Crippen molar-refractivity contribution in [2.75, 3.05) is 7.11 Å². The van der Waals surface area contributed by atoms with Crippen LogP contribution >= 0.6 is 22.6 Å². The third-order valence-electron chi connectivity index (χ3n) is 5.32. The molecule has 2 aromatic heterocycles. The predicted octanol–water partition coefficient (Wildman–Crippen LogP) is 2.96. The number of aromatic nitrogens is 3. The molecule has 0 N–H and O–H groups in total. The third-order valence-corrected chi connectivity index (χ3v) is 5.99. The number of ether oxygens (including phenoxy) is 1. The molecule has 0 bridgehead atoms. The van der Waals surface area contributed by atoms with Crippen molar-refractivity contribution >= 4 is 33.6 Å². The first-order valence-electron chi connectivity index (χ1n) is 9.67. The van der Waals surface area contributed by atoms with E-state index in [1.54, 1.807) is 44.4 Å². The van der Waals surface area contributed by atoms with Gasteiger partial charge in [0, 0.05) is 16.2 Å². The molecule has 4 rings (SSSR count). The topological polar surface area (TPSA) is 75.2 Å². The lowest BCUT2D eigenvalue weighted by atomic mass is 10.2. The summed E-state index contributed by atoms with van der Waals surface area (Å²) in [6, 6.07) is 12.8. The monoisotopic (exact) mass is 547 g/mol. The number of aryl methyl sites for hydroxylation is 2. The highest BCUT2D eigenvalue weighted by Crippen LogP contribution is 2.19. The van der Waals surface area contributed by atoms with E-state index in [0.29, 0.717) is 20.4 Å². The standard InChI is InChI=1S/C23H19FIN3O4/c1-13-10-17-20(26(2)21(13)29)28(19-9-6-15(25)11-18(19)24)23(31)27(22(17)30)12-14-4-7-16(32-3)8-5-14/h4-11H,12H2,1-3H3. The molecule has 4 aromatic rings. The Morgan fingerprint density at radius 2 is 1.69 bits per heavy atom. The van der Waals surface area contributed by atoms with Gasteiger partial charge in [-0.2, -0.15) is 0 Å². The Morgan fingerprint density at radius 3 is 2.31 bits per heavy atom. The first-order chi connectivity index (χ1) is 15.2. The van der Waals surface area contributed by atoms with Crippen molar-refractivity contribution in [1.82, 2.24) is 13.7 Å². The summed E-state index contributed by atoms with van der Waals surface area (Å²) in [5.74, 6) is 0.00609. The van der Waals surface area contributed by atoms with Gasteiger partial charge in [-0.25, -0.2) is 13.8 Å². The maximum Gasteiger partial charge on any atom is 0.337 e. The molecule has 0 aliphatic rings. The van der Waals surface area contributed by atoms with Gasteiger partial charge >= 0.3 is 5.69 Å². The predicted molar refractivity (Wildman–Crippen MR) is 129 cm³/mol. The molecule has 0 spiro atoms. The fourth-order valence-electron chi connectivity index (χ4n) is 3.69. The normalized spacial score (nSPS) is 11.2. The van der Waals surface area contributed by atoms with E-state index in [1.165, 1.54) is 29.8 Å². The number of nitrogens with zero attached hydrogens (tertiary/aromatic N) is 3. The first kappa shape index (κ1) is 22.0.